The van der Waals surface area contributed by atoms with Crippen molar-refractivity contribution in [2.75, 3.05) is 0 Å². The Hall–Kier alpha value is -2.56. The number of hydrogen-bond acceptors (Lipinski definition) is 8. The van der Waals surface area contributed by atoms with Crippen LogP contribution in [0, 0.1) is 27.2 Å². The number of aromatic nitrogens is 4. The zero-order valence-corrected chi connectivity index (χ0v) is 15.0. The van der Waals surface area contributed by atoms with Crippen molar-refractivity contribution in [2.45, 2.75) is 56.0 Å². The van der Waals surface area contributed by atoms with Crippen molar-refractivity contribution in [3.8, 4) is 0 Å². The van der Waals surface area contributed by atoms with E-state index in [2.05, 4.69) is 15.5 Å². The Morgan fingerprint density at radius 2 is 1.92 bits per heavy atom. The summed E-state index contributed by atoms with van der Waals surface area (Å²) in [6.45, 7) is 1.60. The maximum Gasteiger partial charge on any atom is 0.279 e. The number of nitro benzene ring substituents is 2. The predicted octanol–water partition coefficient (Wildman–Crippen LogP) is 3.60. The van der Waals surface area contributed by atoms with Gasteiger partial charge in [-0.1, -0.05) is 31.0 Å². The van der Waals surface area contributed by atoms with Crippen molar-refractivity contribution >= 4 is 23.1 Å². The highest BCUT2D eigenvalue weighted by molar-refractivity contribution is 7.98. The van der Waals surface area contributed by atoms with Crippen LogP contribution >= 0.6 is 11.8 Å². The molecule has 11 heteroatoms. The minimum Gasteiger partial charge on any atom is -0.258 e. The smallest absolute Gasteiger partial charge is 0.258 e. The highest BCUT2D eigenvalue weighted by Crippen LogP contribution is 2.34. The Labute approximate surface area is 153 Å². The van der Waals surface area contributed by atoms with E-state index in [1.165, 1.54) is 24.2 Å². The second-order valence-corrected chi connectivity index (χ2v) is 7.19. The van der Waals surface area contributed by atoms with Gasteiger partial charge in [-0.15, -0.1) is 5.10 Å². The van der Waals surface area contributed by atoms with Gasteiger partial charge in [-0.3, -0.25) is 20.2 Å². The first-order chi connectivity index (χ1) is 12.5. The first-order valence-corrected chi connectivity index (χ1v) is 9.29. The van der Waals surface area contributed by atoms with Crippen LogP contribution in [0.1, 0.15) is 49.3 Å². The van der Waals surface area contributed by atoms with Gasteiger partial charge in [0, 0.05) is 17.4 Å². The van der Waals surface area contributed by atoms with E-state index in [1.54, 1.807) is 6.92 Å². The third-order valence-electron chi connectivity index (χ3n) is 4.62. The van der Waals surface area contributed by atoms with E-state index >= 15 is 0 Å². The van der Waals surface area contributed by atoms with Gasteiger partial charge in [-0.05, 0) is 35.8 Å². The number of nitrogens with zero attached hydrogens (tertiary/aromatic N) is 6. The van der Waals surface area contributed by atoms with Crippen molar-refractivity contribution in [1.29, 1.82) is 0 Å². The lowest BCUT2D eigenvalue weighted by Crippen LogP contribution is -2.15. The molecule has 1 saturated carbocycles. The van der Waals surface area contributed by atoms with Crippen LogP contribution in [0.2, 0.25) is 0 Å². The number of nitro groups is 2. The Kier molecular flexibility index (Phi) is 5.45. The van der Waals surface area contributed by atoms with Gasteiger partial charge in [-0.25, -0.2) is 4.68 Å². The quantitative estimate of drug-likeness (QED) is 0.423. The van der Waals surface area contributed by atoms with Crippen LogP contribution in [0.3, 0.4) is 0 Å². The van der Waals surface area contributed by atoms with Gasteiger partial charge >= 0.3 is 0 Å². The summed E-state index contributed by atoms with van der Waals surface area (Å²) in [5.74, 6) is 0.321. The average molecular weight is 378 g/mol. The summed E-state index contributed by atoms with van der Waals surface area (Å²) in [7, 11) is 0. The summed E-state index contributed by atoms with van der Waals surface area (Å²) >= 11 is 1.34. The second kappa shape index (κ2) is 7.77. The molecule has 0 spiro atoms. The Bertz CT molecular complexity index is 834. The first kappa shape index (κ1) is 18.2. The number of benzene rings is 1. The summed E-state index contributed by atoms with van der Waals surface area (Å²) in [6.07, 6.45) is 5.56. The molecule has 1 aromatic heterocycles. The average Bonchev–Trinajstić information content (AvgIpc) is 3.09. The van der Waals surface area contributed by atoms with Crippen LogP contribution in [-0.4, -0.2) is 30.1 Å². The zero-order valence-electron chi connectivity index (χ0n) is 14.2. The van der Waals surface area contributed by atoms with Crippen molar-refractivity contribution in [1.82, 2.24) is 20.2 Å². The normalized spacial score (nSPS) is 15.1. The lowest BCUT2D eigenvalue weighted by molar-refractivity contribution is -0.394. The Morgan fingerprint density at radius 1 is 1.19 bits per heavy atom. The molecule has 1 aromatic carbocycles. The maximum atomic E-state index is 11.2. The van der Waals surface area contributed by atoms with Crippen molar-refractivity contribution in [3.05, 3.63) is 43.5 Å². The molecule has 0 aliphatic heterocycles. The fraction of sp³-hybridized carbons (Fsp3) is 0.533. The highest BCUT2D eigenvalue weighted by Gasteiger charge is 2.23. The van der Waals surface area contributed by atoms with Crippen molar-refractivity contribution in [3.63, 3.8) is 0 Å². The predicted molar refractivity (Wildman–Crippen MR) is 94.0 cm³/mol. The van der Waals surface area contributed by atoms with E-state index in [0.717, 1.165) is 31.7 Å². The minimum absolute atomic E-state index is 0.248. The van der Waals surface area contributed by atoms with Crippen LogP contribution in [-0.2, 0) is 5.75 Å². The fourth-order valence-electron chi connectivity index (χ4n) is 3.16. The third kappa shape index (κ3) is 3.82. The molecule has 3 rings (SSSR count). The molecule has 0 saturated heterocycles. The molecule has 0 bridgehead atoms. The molecule has 0 amide bonds. The van der Waals surface area contributed by atoms with E-state index in [4.69, 9.17) is 0 Å². The summed E-state index contributed by atoms with van der Waals surface area (Å²) in [5.41, 5.74) is 0.422. The van der Waals surface area contributed by atoms with E-state index in [0.29, 0.717) is 22.0 Å². The van der Waals surface area contributed by atoms with Gasteiger partial charge in [0.1, 0.15) is 0 Å². The fourth-order valence-corrected chi connectivity index (χ4v) is 4.16. The van der Waals surface area contributed by atoms with Crippen molar-refractivity contribution in [2.24, 2.45) is 0 Å². The first-order valence-electron chi connectivity index (χ1n) is 8.30. The zero-order chi connectivity index (χ0) is 18.7. The molecule has 26 heavy (non-hydrogen) atoms. The second-order valence-electron chi connectivity index (χ2n) is 6.25. The Morgan fingerprint density at radius 3 is 2.58 bits per heavy atom. The molecule has 0 radical (unpaired) electrons. The highest BCUT2D eigenvalue weighted by atomic mass is 32.2. The lowest BCUT2D eigenvalue weighted by atomic mass is 9.96. The molecule has 10 nitrogen and oxygen atoms in total. The molecule has 1 aliphatic carbocycles. The minimum atomic E-state index is -0.618. The van der Waals surface area contributed by atoms with E-state index in [9.17, 15) is 20.2 Å². The molecule has 1 fully saturated rings. The number of hydrogen-bond donors (Lipinski definition) is 0. The van der Waals surface area contributed by atoms with E-state index in [-0.39, 0.29) is 17.4 Å². The van der Waals surface area contributed by atoms with E-state index < -0.39 is 9.85 Å². The van der Waals surface area contributed by atoms with Gasteiger partial charge in [-0.2, -0.15) is 0 Å². The summed E-state index contributed by atoms with van der Waals surface area (Å²) in [4.78, 5) is 21.0. The number of tetrazole rings is 1. The summed E-state index contributed by atoms with van der Waals surface area (Å²) in [6, 6.07) is 2.64. The Balaban J connectivity index is 1.83. The largest absolute Gasteiger partial charge is 0.279 e. The number of thioether (sulfide) groups is 1. The van der Waals surface area contributed by atoms with Crippen molar-refractivity contribution < 1.29 is 9.85 Å². The molecule has 0 unspecified atom stereocenters. The number of rotatable bonds is 6. The SMILES string of the molecule is Cc1c(CSc2nnnn2C2CCCCC2)cc([N+](=O)[O-])cc1[N+](=O)[O-]. The summed E-state index contributed by atoms with van der Waals surface area (Å²) in [5, 5.41) is 34.8. The van der Waals surface area contributed by atoms with Crippen LogP contribution in [0.25, 0.3) is 0 Å². The van der Waals surface area contributed by atoms with Crippen LogP contribution in [0.4, 0.5) is 11.4 Å². The van der Waals surface area contributed by atoms with Gasteiger partial charge in [0.15, 0.2) is 0 Å². The molecule has 1 aliphatic rings. The molecule has 1 heterocycles. The third-order valence-corrected chi connectivity index (χ3v) is 5.60. The molecular formula is C15H18N6O4S. The van der Waals surface area contributed by atoms with Crippen LogP contribution < -0.4 is 0 Å². The van der Waals surface area contributed by atoms with Gasteiger partial charge in [0.2, 0.25) is 5.16 Å². The monoisotopic (exact) mass is 378 g/mol. The standard InChI is InChI=1S/C15H18N6O4S/c1-10-11(7-13(20(22)23)8-14(10)21(24)25)9-26-15-16-17-18-19(15)12-5-3-2-4-6-12/h7-8,12H,2-6,9H2,1H3. The molecule has 138 valence electrons. The maximum absolute atomic E-state index is 11.2. The molecule has 2 aromatic rings. The van der Waals surface area contributed by atoms with Gasteiger partial charge in [0.25, 0.3) is 11.4 Å². The lowest BCUT2D eigenvalue weighted by Gasteiger charge is -2.22. The van der Waals surface area contributed by atoms with E-state index in [1.807, 2.05) is 4.68 Å². The van der Waals surface area contributed by atoms with Crippen LogP contribution in [0.15, 0.2) is 17.3 Å². The van der Waals surface area contributed by atoms with Crippen LogP contribution in [0.5, 0.6) is 0 Å². The topological polar surface area (TPSA) is 130 Å². The molecule has 0 atom stereocenters. The van der Waals surface area contributed by atoms with Gasteiger partial charge < -0.3 is 0 Å². The molecule has 0 N–H and O–H groups in total. The summed E-state index contributed by atoms with van der Waals surface area (Å²) < 4.78 is 1.81. The molecular weight excluding hydrogens is 360 g/mol. The number of non-ortho nitro benzene ring substituents is 1. The van der Waals surface area contributed by atoms with Gasteiger partial charge in [0.05, 0.1) is 22.0 Å².